The third kappa shape index (κ3) is 2.61. The Morgan fingerprint density at radius 3 is 2.74 bits per heavy atom. The molecule has 0 spiro atoms. The minimum atomic E-state index is -0.779. The van der Waals surface area contributed by atoms with Crippen LogP contribution in [0.3, 0.4) is 0 Å². The Morgan fingerprint density at radius 2 is 2.16 bits per heavy atom. The van der Waals surface area contributed by atoms with Crippen molar-refractivity contribution in [2.45, 2.75) is 19.9 Å². The molecule has 0 saturated carbocycles. The number of hydrogen-bond donors (Lipinski definition) is 3. The second kappa shape index (κ2) is 5.40. The fourth-order valence-corrected chi connectivity index (χ4v) is 2.51. The molecule has 2 atom stereocenters. The molecular formula is C14H19N3O2. The summed E-state index contributed by atoms with van der Waals surface area (Å²) in [5.74, 6) is -1.20. The quantitative estimate of drug-likeness (QED) is 0.771. The SMILES string of the molecule is CNC(c1ccc2nc[nH]c2c1)C(C(=O)O)C(C)C. The standard InChI is InChI=1S/C14H19N3O2/c1-8(2)12(14(18)19)13(15-3)9-4-5-10-11(6-9)17-7-16-10/h4-8,12-13,15H,1-3H3,(H,16,17)(H,18,19). The number of rotatable bonds is 5. The topological polar surface area (TPSA) is 78.0 Å². The van der Waals surface area contributed by atoms with Crippen molar-refractivity contribution in [2.24, 2.45) is 11.8 Å². The first-order valence-electron chi connectivity index (χ1n) is 6.37. The minimum absolute atomic E-state index is 0.0485. The smallest absolute Gasteiger partial charge is 0.308 e. The largest absolute Gasteiger partial charge is 0.481 e. The van der Waals surface area contributed by atoms with Crippen LogP contribution in [0, 0.1) is 11.8 Å². The molecular weight excluding hydrogens is 242 g/mol. The number of hydrogen-bond acceptors (Lipinski definition) is 3. The van der Waals surface area contributed by atoms with Gasteiger partial charge in [0.15, 0.2) is 0 Å². The van der Waals surface area contributed by atoms with Crippen molar-refractivity contribution < 1.29 is 9.90 Å². The number of imidazole rings is 1. The van der Waals surface area contributed by atoms with Gasteiger partial charge in [-0.15, -0.1) is 0 Å². The molecule has 2 unspecified atom stereocenters. The predicted octanol–water partition coefficient (Wildman–Crippen LogP) is 2.18. The van der Waals surface area contributed by atoms with E-state index in [1.54, 1.807) is 13.4 Å². The van der Waals surface area contributed by atoms with Gasteiger partial charge in [-0.3, -0.25) is 4.79 Å². The number of aromatic amines is 1. The highest BCUT2D eigenvalue weighted by molar-refractivity contribution is 5.76. The van der Waals surface area contributed by atoms with Crippen LogP contribution in [0.1, 0.15) is 25.5 Å². The van der Waals surface area contributed by atoms with Crippen molar-refractivity contribution in [3.63, 3.8) is 0 Å². The van der Waals surface area contributed by atoms with Crippen LogP contribution in [0.2, 0.25) is 0 Å². The van der Waals surface area contributed by atoms with Crippen molar-refractivity contribution in [1.29, 1.82) is 0 Å². The fourth-order valence-electron chi connectivity index (χ4n) is 2.51. The van der Waals surface area contributed by atoms with E-state index in [2.05, 4.69) is 15.3 Å². The van der Waals surface area contributed by atoms with Crippen molar-refractivity contribution in [1.82, 2.24) is 15.3 Å². The van der Waals surface area contributed by atoms with E-state index >= 15 is 0 Å². The minimum Gasteiger partial charge on any atom is -0.481 e. The highest BCUT2D eigenvalue weighted by Gasteiger charge is 2.31. The maximum absolute atomic E-state index is 11.5. The highest BCUT2D eigenvalue weighted by Crippen LogP contribution is 2.29. The Labute approximate surface area is 112 Å². The molecule has 0 fully saturated rings. The zero-order chi connectivity index (χ0) is 14.0. The lowest BCUT2D eigenvalue weighted by atomic mass is 9.84. The van der Waals surface area contributed by atoms with Gasteiger partial charge >= 0.3 is 5.97 Å². The Hall–Kier alpha value is -1.88. The first-order valence-corrected chi connectivity index (χ1v) is 6.37. The molecule has 0 amide bonds. The molecule has 102 valence electrons. The summed E-state index contributed by atoms with van der Waals surface area (Å²) in [5, 5.41) is 12.5. The van der Waals surface area contributed by atoms with E-state index in [0.29, 0.717) is 0 Å². The van der Waals surface area contributed by atoms with E-state index in [1.807, 2.05) is 32.0 Å². The van der Waals surface area contributed by atoms with E-state index < -0.39 is 11.9 Å². The summed E-state index contributed by atoms with van der Waals surface area (Å²) < 4.78 is 0. The molecule has 0 aliphatic carbocycles. The number of aliphatic carboxylic acids is 1. The van der Waals surface area contributed by atoms with Crippen LogP contribution in [0.5, 0.6) is 0 Å². The number of aromatic nitrogens is 2. The van der Waals surface area contributed by atoms with Crippen LogP contribution in [0.25, 0.3) is 11.0 Å². The lowest BCUT2D eigenvalue weighted by Gasteiger charge is -2.27. The van der Waals surface area contributed by atoms with Gasteiger partial charge in [-0.2, -0.15) is 0 Å². The molecule has 3 N–H and O–H groups in total. The number of carboxylic acids is 1. The van der Waals surface area contributed by atoms with E-state index in [0.717, 1.165) is 16.6 Å². The van der Waals surface area contributed by atoms with E-state index in [-0.39, 0.29) is 12.0 Å². The maximum atomic E-state index is 11.5. The summed E-state index contributed by atoms with van der Waals surface area (Å²) in [6.45, 7) is 3.86. The van der Waals surface area contributed by atoms with Crippen LogP contribution >= 0.6 is 0 Å². The monoisotopic (exact) mass is 261 g/mol. The maximum Gasteiger partial charge on any atom is 0.308 e. The molecule has 0 bridgehead atoms. The Bertz CT molecular complexity index is 577. The summed E-state index contributed by atoms with van der Waals surface area (Å²) in [4.78, 5) is 18.7. The van der Waals surface area contributed by atoms with Crippen molar-refractivity contribution in [2.75, 3.05) is 7.05 Å². The third-order valence-electron chi connectivity index (χ3n) is 3.48. The lowest BCUT2D eigenvalue weighted by molar-refractivity contribution is -0.144. The van der Waals surface area contributed by atoms with Gasteiger partial charge < -0.3 is 15.4 Å². The second-order valence-electron chi connectivity index (χ2n) is 5.05. The van der Waals surface area contributed by atoms with Gasteiger partial charge in [0.25, 0.3) is 0 Å². The van der Waals surface area contributed by atoms with Crippen LogP contribution in [0.4, 0.5) is 0 Å². The Morgan fingerprint density at radius 1 is 1.42 bits per heavy atom. The molecule has 1 aromatic carbocycles. The van der Waals surface area contributed by atoms with Crippen LogP contribution in [-0.2, 0) is 4.79 Å². The molecule has 0 aliphatic heterocycles. The highest BCUT2D eigenvalue weighted by atomic mass is 16.4. The Kier molecular flexibility index (Phi) is 3.85. The average molecular weight is 261 g/mol. The van der Waals surface area contributed by atoms with Gasteiger partial charge in [-0.1, -0.05) is 19.9 Å². The first-order chi connectivity index (χ1) is 9.04. The van der Waals surface area contributed by atoms with Crippen LogP contribution < -0.4 is 5.32 Å². The summed E-state index contributed by atoms with van der Waals surface area (Å²) >= 11 is 0. The van der Waals surface area contributed by atoms with Crippen molar-refractivity contribution in [3.05, 3.63) is 30.1 Å². The van der Waals surface area contributed by atoms with Crippen LogP contribution in [-0.4, -0.2) is 28.1 Å². The Balaban J connectivity index is 2.41. The second-order valence-corrected chi connectivity index (χ2v) is 5.05. The summed E-state index contributed by atoms with van der Waals surface area (Å²) in [6.07, 6.45) is 1.64. The molecule has 0 saturated heterocycles. The fraction of sp³-hybridized carbons (Fsp3) is 0.429. The number of nitrogens with zero attached hydrogens (tertiary/aromatic N) is 1. The zero-order valence-corrected chi connectivity index (χ0v) is 11.3. The zero-order valence-electron chi connectivity index (χ0n) is 11.3. The number of nitrogens with one attached hydrogen (secondary N) is 2. The van der Waals surface area contributed by atoms with Crippen molar-refractivity contribution in [3.8, 4) is 0 Å². The normalized spacial score (nSPS) is 14.7. The summed E-state index contributed by atoms with van der Waals surface area (Å²) in [5.41, 5.74) is 2.76. The number of carboxylic acid groups (broad SMARTS) is 1. The molecule has 19 heavy (non-hydrogen) atoms. The first kappa shape index (κ1) is 13.5. The van der Waals surface area contributed by atoms with Gasteiger partial charge in [-0.05, 0) is 30.7 Å². The van der Waals surface area contributed by atoms with E-state index in [4.69, 9.17) is 0 Å². The molecule has 0 aliphatic rings. The number of benzene rings is 1. The van der Waals surface area contributed by atoms with Gasteiger partial charge in [0, 0.05) is 6.04 Å². The molecule has 1 heterocycles. The van der Waals surface area contributed by atoms with Gasteiger partial charge in [0.05, 0.1) is 23.3 Å². The van der Waals surface area contributed by atoms with Gasteiger partial charge in [0.1, 0.15) is 0 Å². The molecule has 2 aromatic rings. The molecule has 1 aromatic heterocycles. The summed E-state index contributed by atoms with van der Waals surface area (Å²) in [6, 6.07) is 5.58. The molecule has 5 heteroatoms. The molecule has 5 nitrogen and oxygen atoms in total. The number of H-pyrrole nitrogens is 1. The summed E-state index contributed by atoms with van der Waals surface area (Å²) in [7, 11) is 1.79. The van der Waals surface area contributed by atoms with Crippen molar-refractivity contribution >= 4 is 17.0 Å². The van der Waals surface area contributed by atoms with Crippen LogP contribution in [0.15, 0.2) is 24.5 Å². The molecule has 0 radical (unpaired) electrons. The van der Waals surface area contributed by atoms with Gasteiger partial charge in [0.2, 0.25) is 0 Å². The van der Waals surface area contributed by atoms with E-state index in [9.17, 15) is 9.90 Å². The average Bonchev–Trinajstić information content (AvgIpc) is 2.81. The molecule has 2 rings (SSSR count). The van der Waals surface area contributed by atoms with Gasteiger partial charge in [-0.25, -0.2) is 4.98 Å². The van der Waals surface area contributed by atoms with E-state index in [1.165, 1.54) is 0 Å². The third-order valence-corrected chi connectivity index (χ3v) is 3.48. The number of carbonyl (C=O) groups is 1. The predicted molar refractivity (Wildman–Crippen MR) is 73.9 cm³/mol. The number of fused-ring (bicyclic) bond motifs is 1. The lowest BCUT2D eigenvalue weighted by Crippen LogP contribution is -2.34.